The third-order valence-electron chi connectivity index (χ3n) is 3.89. The minimum atomic E-state index is -3.85. The quantitative estimate of drug-likeness (QED) is 0.455. The lowest BCUT2D eigenvalue weighted by Crippen LogP contribution is -2.27. The van der Waals surface area contributed by atoms with E-state index in [-0.39, 0.29) is 4.90 Å². The molecule has 0 fully saturated rings. The van der Waals surface area contributed by atoms with Crippen LogP contribution in [0.25, 0.3) is 0 Å². The summed E-state index contributed by atoms with van der Waals surface area (Å²) in [7, 11) is -3.85. The van der Waals surface area contributed by atoms with E-state index in [0.717, 1.165) is 22.2 Å². The van der Waals surface area contributed by atoms with Crippen molar-refractivity contribution in [3.8, 4) is 0 Å². The number of carbonyl (C=O) groups excluding carboxylic acids is 1. The number of hydrogen-bond donors (Lipinski definition) is 0. The Hall–Kier alpha value is -2.37. The molecular weight excluding hydrogens is 364 g/mol. The summed E-state index contributed by atoms with van der Waals surface area (Å²) in [6, 6.07) is 24.3. The number of Topliss-reactive ketones (excluding diaryl/α,β-unsaturated/α-hetero) is 1. The molecule has 0 saturated heterocycles. The Labute approximate surface area is 158 Å². The first-order valence-electron chi connectivity index (χ1n) is 8.10. The van der Waals surface area contributed by atoms with Gasteiger partial charge in [-0.25, -0.2) is 8.42 Å². The van der Waals surface area contributed by atoms with E-state index in [1.54, 1.807) is 66.7 Å². The van der Waals surface area contributed by atoms with Gasteiger partial charge in [0, 0.05) is 10.5 Å². The summed E-state index contributed by atoms with van der Waals surface area (Å²) >= 11 is 1.06. The van der Waals surface area contributed by atoms with Crippen LogP contribution in [-0.4, -0.2) is 18.8 Å². The molecule has 0 heterocycles. The van der Waals surface area contributed by atoms with Gasteiger partial charge in [-0.05, 0) is 31.2 Å². The Kier molecular flexibility index (Phi) is 5.59. The predicted molar refractivity (Wildman–Crippen MR) is 105 cm³/mol. The van der Waals surface area contributed by atoms with Crippen LogP contribution < -0.4 is 0 Å². The lowest BCUT2D eigenvalue weighted by molar-refractivity contribution is 0.101. The molecule has 0 aliphatic rings. The third-order valence-corrected chi connectivity index (χ3v) is 7.62. The molecule has 132 valence electrons. The second kappa shape index (κ2) is 7.89. The fourth-order valence-electron chi connectivity index (χ4n) is 2.47. The zero-order valence-corrected chi connectivity index (χ0v) is 15.8. The van der Waals surface area contributed by atoms with Gasteiger partial charge >= 0.3 is 0 Å². The lowest BCUT2D eigenvalue weighted by Gasteiger charge is -2.17. The Morgan fingerprint density at radius 3 is 1.92 bits per heavy atom. The number of thioether (sulfide) groups is 1. The van der Waals surface area contributed by atoms with Crippen molar-refractivity contribution in [3.63, 3.8) is 0 Å². The van der Waals surface area contributed by atoms with E-state index in [9.17, 15) is 13.2 Å². The first-order chi connectivity index (χ1) is 12.5. The highest BCUT2D eigenvalue weighted by atomic mass is 32.3. The highest BCUT2D eigenvalue weighted by Gasteiger charge is 2.35. The van der Waals surface area contributed by atoms with Crippen molar-refractivity contribution in [1.82, 2.24) is 0 Å². The largest absolute Gasteiger partial charge is 0.292 e. The molecule has 3 nitrogen and oxygen atoms in total. The highest BCUT2D eigenvalue weighted by Crippen LogP contribution is 2.33. The second-order valence-electron chi connectivity index (χ2n) is 5.85. The van der Waals surface area contributed by atoms with Crippen molar-refractivity contribution in [3.05, 3.63) is 96.1 Å². The van der Waals surface area contributed by atoms with Crippen molar-refractivity contribution in [2.24, 2.45) is 0 Å². The zero-order chi connectivity index (χ0) is 18.6. The zero-order valence-electron chi connectivity index (χ0n) is 14.2. The Morgan fingerprint density at radius 2 is 1.35 bits per heavy atom. The van der Waals surface area contributed by atoms with Gasteiger partial charge in [-0.3, -0.25) is 4.79 Å². The molecule has 3 aromatic rings. The van der Waals surface area contributed by atoms with Crippen molar-refractivity contribution >= 4 is 27.4 Å². The van der Waals surface area contributed by atoms with E-state index >= 15 is 0 Å². The van der Waals surface area contributed by atoms with Crippen LogP contribution in [0.4, 0.5) is 0 Å². The predicted octanol–water partition coefficient (Wildman–Crippen LogP) is 4.77. The molecule has 0 aliphatic heterocycles. The standard InChI is InChI=1S/C21H18O3S2/c1-16-12-14-19(15-13-16)26(23,24)21(25-18-10-6-3-7-11-18)20(22)17-8-4-2-5-9-17/h2-15,21H,1H3. The molecule has 0 N–H and O–H groups in total. The number of carbonyl (C=O) groups is 1. The summed E-state index contributed by atoms with van der Waals surface area (Å²) < 4.78 is 25.2. The average molecular weight is 383 g/mol. The van der Waals surface area contributed by atoms with Gasteiger partial charge in [-0.15, -0.1) is 0 Å². The maximum absolute atomic E-state index is 13.2. The Morgan fingerprint density at radius 1 is 0.808 bits per heavy atom. The number of sulfone groups is 1. The number of benzene rings is 3. The summed E-state index contributed by atoms with van der Waals surface area (Å²) in [5.74, 6) is -0.417. The van der Waals surface area contributed by atoms with Gasteiger partial charge in [0.05, 0.1) is 4.90 Å². The van der Waals surface area contributed by atoms with Gasteiger partial charge in [-0.1, -0.05) is 78.0 Å². The summed E-state index contributed by atoms with van der Waals surface area (Å²) in [6.07, 6.45) is 0. The van der Waals surface area contributed by atoms with Crippen molar-refractivity contribution in [2.45, 2.75) is 21.3 Å². The highest BCUT2D eigenvalue weighted by molar-refractivity contribution is 8.14. The van der Waals surface area contributed by atoms with Gasteiger partial charge in [0.2, 0.25) is 0 Å². The van der Waals surface area contributed by atoms with Gasteiger partial charge in [0.25, 0.3) is 0 Å². The van der Waals surface area contributed by atoms with Crippen LogP contribution in [0.2, 0.25) is 0 Å². The molecule has 1 atom stereocenters. The number of rotatable bonds is 6. The normalized spacial score (nSPS) is 12.5. The fourth-order valence-corrected chi connectivity index (χ4v) is 5.63. The summed E-state index contributed by atoms with van der Waals surface area (Å²) in [4.78, 5) is 13.9. The minimum absolute atomic E-state index is 0.154. The van der Waals surface area contributed by atoms with E-state index in [2.05, 4.69) is 0 Å². The van der Waals surface area contributed by atoms with E-state index in [1.807, 2.05) is 25.1 Å². The van der Waals surface area contributed by atoms with Crippen LogP contribution in [0.3, 0.4) is 0 Å². The van der Waals surface area contributed by atoms with Crippen LogP contribution in [0.5, 0.6) is 0 Å². The molecule has 26 heavy (non-hydrogen) atoms. The SMILES string of the molecule is Cc1ccc(S(=O)(=O)C(Sc2ccccc2)C(=O)c2ccccc2)cc1. The van der Waals surface area contributed by atoms with Gasteiger partial charge < -0.3 is 0 Å². The summed E-state index contributed by atoms with van der Waals surface area (Å²) in [6.45, 7) is 1.89. The molecule has 0 bridgehead atoms. The molecule has 0 saturated carbocycles. The van der Waals surface area contributed by atoms with Gasteiger partial charge in [-0.2, -0.15) is 0 Å². The molecule has 1 unspecified atom stereocenters. The number of ketones is 1. The van der Waals surface area contributed by atoms with Crippen molar-refractivity contribution in [1.29, 1.82) is 0 Å². The van der Waals surface area contributed by atoms with E-state index in [0.29, 0.717) is 5.56 Å². The molecule has 3 rings (SSSR count). The second-order valence-corrected chi connectivity index (χ2v) is 9.36. The molecule has 0 aliphatic carbocycles. The first-order valence-corrected chi connectivity index (χ1v) is 10.5. The average Bonchev–Trinajstić information content (AvgIpc) is 2.67. The first kappa shape index (κ1) is 18.4. The van der Waals surface area contributed by atoms with Crippen molar-refractivity contribution in [2.75, 3.05) is 0 Å². The monoisotopic (exact) mass is 382 g/mol. The van der Waals surface area contributed by atoms with Crippen molar-refractivity contribution < 1.29 is 13.2 Å². The van der Waals surface area contributed by atoms with Gasteiger partial charge in [0.1, 0.15) is 0 Å². The lowest BCUT2D eigenvalue weighted by atomic mass is 10.1. The van der Waals surface area contributed by atoms with Crippen LogP contribution >= 0.6 is 11.8 Å². The van der Waals surface area contributed by atoms with Crippen LogP contribution in [0.15, 0.2) is 94.7 Å². The number of aryl methyl sites for hydroxylation is 1. The summed E-state index contributed by atoms with van der Waals surface area (Å²) in [5.41, 5.74) is 1.35. The fraction of sp³-hybridized carbons (Fsp3) is 0.0952. The topological polar surface area (TPSA) is 51.2 Å². The van der Waals surface area contributed by atoms with Crippen LogP contribution in [0, 0.1) is 6.92 Å². The summed E-state index contributed by atoms with van der Waals surface area (Å²) in [5, 5.41) is 0. The molecule has 0 spiro atoms. The minimum Gasteiger partial charge on any atom is -0.292 e. The molecule has 0 radical (unpaired) electrons. The smallest absolute Gasteiger partial charge is 0.198 e. The maximum Gasteiger partial charge on any atom is 0.198 e. The molecule has 0 aromatic heterocycles. The van der Waals surface area contributed by atoms with E-state index in [1.165, 1.54) is 0 Å². The van der Waals surface area contributed by atoms with E-state index < -0.39 is 20.2 Å². The Balaban J connectivity index is 2.04. The van der Waals surface area contributed by atoms with E-state index in [4.69, 9.17) is 0 Å². The maximum atomic E-state index is 13.2. The molecule has 0 amide bonds. The van der Waals surface area contributed by atoms with Crippen LogP contribution in [-0.2, 0) is 9.84 Å². The molecular formula is C21H18O3S2. The van der Waals surface area contributed by atoms with Crippen LogP contribution in [0.1, 0.15) is 15.9 Å². The van der Waals surface area contributed by atoms with Gasteiger partial charge in [0.15, 0.2) is 20.2 Å². The molecule has 3 aromatic carbocycles. The Bertz CT molecular complexity index is 980. The molecule has 5 heteroatoms. The number of hydrogen-bond acceptors (Lipinski definition) is 4. The third kappa shape index (κ3) is 4.06.